The van der Waals surface area contributed by atoms with Gasteiger partial charge in [-0.15, -0.1) is 0 Å². The van der Waals surface area contributed by atoms with E-state index in [0.717, 1.165) is 36.5 Å². The summed E-state index contributed by atoms with van der Waals surface area (Å²) in [5.74, 6) is -2.71. The van der Waals surface area contributed by atoms with Crippen LogP contribution in [0.2, 0.25) is 0 Å². The Morgan fingerprint density at radius 2 is 0.944 bits per heavy atom. The summed E-state index contributed by atoms with van der Waals surface area (Å²) in [6.45, 7) is 0. The Morgan fingerprint density at radius 1 is 0.611 bits per heavy atom. The predicted octanol–water partition coefficient (Wildman–Crippen LogP) is 0.273. The molecule has 0 fully saturated rings. The SMILES string of the molecule is O=C1C=CC(=O)C(O)=C1.O=C1C=CC(=O)C(O)=C1. The maximum absolute atomic E-state index is 10.4. The second kappa shape index (κ2) is 5.53. The highest BCUT2D eigenvalue weighted by Crippen LogP contribution is 2.00. The normalized spacial score (nSPS) is 18.0. The third-order valence-electron chi connectivity index (χ3n) is 1.86. The first-order valence-electron chi connectivity index (χ1n) is 4.74. The number of carbonyl (C=O) groups excluding carboxylic acids is 4. The van der Waals surface area contributed by atoms with Crippen molar-refractivity contribution in [2.24, 2.45) is 0 Å². The second-order valence-corrected chi connectivity index (χ2v) is 3.26. The topological polar surface area (TPSA) is 109 Å². The standard InChI is InChI=1S/2C6H4O3/c2*7-4-1-2-5(8)6(9)3-4/h2*1-3,9H. The van der Waals surface area contributed by atoms with Crippen molar-refractivity contribution in [3.05, 3.63) is 48.0 Å². The molecular formula is C12H8O6. The van der Waals surface area contributed by atoms with Gasteiger partial charge in [0.1, 0.15) is 0 Å². The van der Waals surface area contributed by atoms with E-state index in [-0.39, 0.29) is 11.6 Å². The average molecular weight is 248 g/mol. The minimum atomic E-state index is -0.519. The second-order valence-electron chi connectivity index (χ2n) is 3.26. The van der Waals surface area contributed by atoms with Crippen LogP contribution in [0, 0.1) is 0 Å². The molecule has 0 aromatic carbocycles. The molecule has 2 aliphatic rings. The summed E-state index contributed by atoms with van der Waals surface area (Å²) in [6.07, 6.45) is 6.09. The van der Waals surface area contributed by atoms with Crippen LogP contribution in [0.25, 0.3) is 0 Å². The molecule has 6 nitrogen and oxygen atoms in total. The summed E-state index contributed by atoms with van der Waals surface area (Å²) in [7, 11) is 0. The molecule has 0 saturated heterocycles. The number of aliphatic hydroxyl groups excluding tert-OH is 2. The maximum Gasteiger partial charge on any atom is 0.220 e. The van der Waals surface area contributed by atoms with Crippen molar-refractivity contribution < 1.29 is 29.4 Å². The van der Waals surface area contributed by atoms with Gasteiger partial charge in [0.2, 0.25) is 11.6 Å². The van der Waals surface area contributed by atoms with E-state index in [0.29, 0.717) is 0 Å². The van der Waals surface area contributed by atoms with E-state index in [1.165, 1.54) is 0 Å². The van der Waals surface area contributed by atoms with E-state index in [2.05, 4.69) is 0 Å². The lowest BCUT2D eigenvalue weighted by atomic mass is 10.1. The van der Waals surface area contributed by atoms with Gasteiger partial charge in [-0.3, -0.25) is 19.2 Å². The zero-order valence-corrected chi connectivity index (χ0v) is 8.99. The zero-order valence-electron chi connectivity index (χ0n) is 8.99. The molecule has 0 spiro atoms. The van der Waals surface area contributed by atoms with Gasteiger partial charge in [-0.05, 0) is 24.3 Å². The highest BCUT2D eigenvalue weighted by Gasteiger charge is 2.10. The van der Waals surface area contributed by atoms with Crippen molar-refractivity contribution in [1.29, 1.82) is 0 Å². The summed E-state index contributed by atoms with van der Waals surface area (Å²) in [5.41, 5.74) is 0. The molecule has 2 rings (SSSR count). The summed E-state index contributed by atoms with van der Waals surface area (Å²) in [5, 5.41) is 17.2. The first kappa shape index (κ1) is 13.3. The molecule has 0 atom stereocenters. The monoisotopic (exact) mass is 248 g/mol. The van der Waals surface area contributed by atoms with E-state index >= 15 is 0 Å². The molecule has 0 radical (unpaired) electrons. The van der Waals surface area contributed by atoms with E-state index in [1.54, 1.807) is 0 Å². The zero-order chi connectivity index (χ0) is 13.7. The Balaban J connectivity index is 0.000000180. The molecule has 6 heteroatoms. The third kappa shape index (κ3) is 3.67. The molecule has 18 heavy (non-hydrogen) atoms. The first-order valence-corrected chi connectivity index (χ1v) is 4.74. The molecule has 0 bridgehead atoms. The van der Waals surface area contributed by atoms with Crippen molar-refractivity contribution in [3.8, 4) is 0 Å². The van der Waals surface area contributed by atoms with Crippen LogP contribution in [0.15, 0.2) is 48.0 Å². The quantitative estimate of drug-likeness (QED) is 0.595. The molecule has 92 valence electrons. The molecule has 0 unspecified atom stereocenters. The summed E-state index contributed by atoms with van der Waals surface area (Å²) < 4.78 is 0. The maximum atomic E-state index is 10.4. The lowest BCUT2D eigenvalue weighted by Gasteiger charge is -1.95. The van der Waals surface area contributed by atoms with Gasteiger partial charge in [-0.2, -0.15) is 0 Å². The van der Waals surface area contributed by atoms with Gasteiger partial charge < -0.3 is 10.2 Å². The summed E-state index contributed by atoms with van der Waals surface area (Å²) in [6, 6.07) is 0. The lowest BCUT2D eigenvalue weighted by Crippen LogP contribution is -2.05. The average Bonchev–Trinajstić information content (AvgIpc) is 2.30. The van der Waals surface area contributed by atoms with E-state index < -0.39 is 23.1 Å². The van der Waals surface area contributed by atoms with Gasteiger partial charge in [-0.25, -0.2) is 0 Å². The molecule has 0 aromatic rings. The molecule has 0 saturated carbocycles. The number of carbonyl (C=O) groups is 4. The lowest BCUT2D eigenvalue weighted by molar-refractivity contribution is -0.116. The van der Waals surface area contributed by atoms with E-state index in [9.17, 15) is 19.2 Å². The minimum absolute atomic E-state index is 0.355. The fourth-order valence-electron chi connectivity index (χ4n) is 0.994. The van der Waals surface area contributed by atoms with Crippen LogP contribution >= 0.6 is 0 Å². The largest absolute Gasteiger partial charge is 0.504 e. The van der Waals surface area contributed by atoms with Crippen LogP contribution in [0.4, 0.5) is 0 Å². The van der Waals surface area contributed by atoms with Crippen molar-refractivity contribution in [2.45, 2.75) is 0 Å². The van der Waals surface area contributed by atoms with E-state index in [4.69, 9.17) is 10.2 Å². The third-order valence-corrected chi connectivity index (χ3v) is 1.86. The molecule has 2 N–H and O–H groups in total. The van der Waals surface area contributed by atoms with Crippen molar-refractivity contribution in [3.63, 3.8) is 0 Å². The number of hydrogen-bond donors (Lipinski definition) is 2. The van der Waals surface area contributed by atoms with E-state index in [1.807, 2.05) is 0 Å². The summed E-state index contributed by atoms with van der Waals surface area (Å²) in [4.78, 5) is 41.5. The number of aliphatic hydroxyl groups is 2. The fourth-order valence-corrected chi connectivity index (χ4v) is 0.994. The fraction of sp³-hybridized carbons (Fsp3) is 0. The van der Waals surface area contributed by atoms with Gasteiger partial charge in [0.15, 0.2) is 23.1 Å². The molecule has 0 amide bonds. The number of allylic oxidation sites excluding steroid dienone is 6. The highest BCUT2D eigenvalue weighted by molar-refractivity contribution is 6.16. The van der Waals surface area contributed by atoms with Crippen molar-refractivity contribution in [1.82, 2.24) is 0 Å². The predicted molar refractivity (Wildman–Crippen MR) is 59.7 cm³/mol. The van der Waals surface area contributed by atoms with Gasteiger partial charge >= 0.3 is 0 Å². The van der Waals surface area contributed by atoms with Gasteiger partial charge in [0.05, 0.1) is 0 Å². The highest BCUT2D eigenvalue weighted by atomic mass is 16.3. The number of ketones is 4. The van der Waals surface area contributed by atoms with Crippen molar-refractivity contribution in [2.75, 3.05) is 0 Å². The summed E-state index contributed by atoms with van der Waals surface area (Å²) >= 11 is 0. The Bertz CT molecular complexity index is 495. The van der Waals surface area contributed by atoms with Crippen LogP contribution in [0.5, 0.6) is 0 Å². The van der Waals surface area contributed by atoms with Gasteiger partial charge in [0.25, 0.3) is 0 Å². The Kier molecular flexibility index (Phi) is 4.09. The Hall–Kier alpha value is -2.76. The van der Waals surface area contributed by atoms with Crippen LogP contribution in [0.1, 0.15) is 0 Å². The molecule has 0 heterocycles. The smallest absolute Gasteiger partial charge is 0.220 e. The molecule has 0 aliphatic heterocycles. The first-order chi connectivity index (χ1) is 8.40. The number of hydrogen-bond acceptors (Lipinski definition) is 6. The molecule has 0 aromatic heterocycles. The van der Waals surface area contributed by atoms with Crippen LogP contribution in [-0.4, -0.2) is 33.3 Å². The number of rotatable bonds is 0. The molecular weight excluding hydrogens is 240 g/mol. The Labute approximate surface area is 101 Å². The van der Waals surface area contributed by atoms with Crippen LogP contribution in [-0.2, 0) is 19.2 Å². The minimum Gasteiger partial charge on any atom is -0.504 e. The van der Waals surface area contributed by atoms with Crippen LogP contribution in [0.3, 0.4) is 0 Å². The van der Waals surface area contributed by atoms with Gasteiger partial charge in [-0.1, -0.05) is 0 Å². The van der Waals surface area contributed by atoms with Gasteiger partial charge in [0, 0.05) is 12.2 Å². The van der Waals surface area contributed by atoms with Crippen LogP contribution < -0.4 is 0 Å². The van der Waals surface area contributed by atoms with Crippen molar-refractivity contribution >= 4 is 23.1 Å². The molecule has 2 aliphatic carbocycles. The Morgan fingerprint density at radius 3 is 1.17 bits per heavy atom.